The van der Waals surface area contributed by atoms with E-state index in [1.807, 2.05) is 32.0 Å². The van der Waals surface area contributed by atoms with E-state index in [0.717, 1.165) is 39.0 Å². The Labute approximate surface area is 224 Å². The maximum Gasteiger partial charge on any atom is 0.293 e. The van der Waals surface area contributed by atoms with Crippen LogP contribution in [0.15, 0.2) is 71.6 Å². The third kappa shape index (κ3) is 6.93. The van der Waals surface area contributed by atoms with Crippen molar-refractivity contribution < 1.29 is 23.9 Å². The highest BCUT2D eigenvalue weighted by atomic mass is 35.5. The molecule has 0 aliphatic carbocycles. The van der Waals surface area contributed by atoms with Gasteiger partial charge in [-0.2, -0.15) is 0 Å². The van der Waals surface area contributed by atoms with Crippen molar-refractivity contribution in [1.29, 1.82) is 0 Å². The topological polar surface area (TPSA) is 84.9 Å². The summed E-state index contributed by atoms with van der Waals surface area (Å²) in [5.41, 5.74) is 3.51. The van der Waals surface area contributed by atoms with Crippen LogP contribution in [0, 0.1) is 13.8 Å². The fourth-order valence-corrected chi connectivity index (χ4v) is 4.57. The number of carbonyl (C=O) groups is 3. The summed E-state index contributed by atoms with van der Waals surface area (Å²) in [6, 6.07) is 19.8. The molecule has 3 aromatic carbocycles. The van der Waals surface area contributed by atoms with E-state index in [1.165, 1.54) is 0 Å². The van der Waals surface area contributed by atoms with Gasteiger partial charge in [0.1, 0.15) is 18.1 Å². The van der Waals surface area contributed by atoms with Crippen molar-refractivity contribution in [2.75, 3.05) is 25.1 Å². The Morgan fingerprint density at radius 2 is 1.78 bits per heavy atom. The van der Waals surface area contributed by atoms with Gasteiger partial charge in [-0.15, -0.1) is 0 Å². The van der Waals surface area contributed by atoms with E-state index in [4.69, 9.17) is 21.1 Å². The Balaban J connectivity index is 1.29. The van der Waals surface area contributed by atoms with E-state index in [9.17, 15) is 14.4 Å². The number of benzene rings is 3. The van der Waals surface area contributed by atoms with Crippen LogP contribution in [0.1, 0.15) is 16.7 Å². The third-order valence-electron chi connectivity index (χ3n) is 5.50. The van der Waals surface area contributed by atoms with Crippen LogP contribution in [-0.2, 0) is 9.59 Å². The molecule has 0 unspecified atom stereocenters. The molecule has 0 atom stereocenters. The van der Waals surface area contributed by atoms with Gasteiger partial charge in [0.25, 0.3) is 17.1 Å². The number of ether oxygens (including phenoxy) is 2. The number of hydrogen-bond donors (Lipinski definition) is 1. The Bertz CT molecular complexity index is 1360. The van der Waals surface area contributed by atoms with Crippen LogP contribution in [0.3, 0.4) is 0 Å². The van der Waals surface area contributed by atoms with Crippen LogP contribution >= 0.6 is 23.4 Å². The molecule has 1 fully saturated rings. The quantitative estimate of drug-likeness (QED) is 0.333. The normalized spacial score (nSPS) is 14.2. The van der Waals surface area contributed by atoms with Crippen LogP contribution in [0.4, 0.5) is 10.5 Å². The molecule has 0 bridgehead atoms. The average Bonchev–Trinajstić information content (AvgIpc) is 3.14. The predicted octanol–water partition coefficient (Wildman–Crippen LogP) is 6.09. The number of thioether (sulfide) groups is 1. The third-order valence-corrected chi connectivity index (χ3v) is 6.72. The molecule has 1 heterocycles. The molecule has 0 aromatic heterocycles. The molecule has 3 amide bonds. The molecular formula is C28H25ClN2O5S. The molecule has 9 heteroatoms. The molecule has 190 valence electrons. The summed E-state index contributed by atoms with van der Waals surface area (Å²) in [6.45, 7) is 4.01. The summed E-state index contributed by atoms with van der Waals surface area (Å²) >= 11 is 6.95. The first-order valence-corrected chi connectivity index (χ1v) is 12.7. The monoisotopic (exact) mass is 536 g/mol. The molecule has 1 saturated heterocycles. The van der Waals surface area contributed by atoms with Crippen molar-refractivity contribution in [3.63, 3.8) is 0 Å². The minimum absolute atomic E-state index is 0.115. The second kappa shape index (κ2) is 12.0. The molecule has 37 heavy (non-hydrogen) atoms. The predicted molar refractivity (Wildman–Crippen MR) is 146 cm³/mol. The number of amides is 3. The van der Waals surface area contributed by atoms with Gasteiger partial charge in [-0.05, 0) is 78.7 Å². The maximum atomic E-state index is 12.7. The first kappa shape index (κ1) is 26.3. The highest BCUT2D eigenvalue weighted by molar-refractivity contribution is 8.18. The van der Waals surface area contributed by atoms with E-state index >= 15 is 0 Å². The van der Waals surface area contributed by atoms with Crippen molar-refractivity contribution in [2.45, 2.75) is 13.8 Å². The Morgan fingerprint density at radius 3 is 2.54 bits per heavy atom. The summed E-state index contributed by atoms with van der Waals surface area (Å²) in [4.78, 5) is 38.8. The minimum atomic E-state index is -0.374. The number of rotatable bonds is 9. The second-order valence-corrected chi connectivity index (χ2v) is 9.74. The van der Waals surface area contributed by atoms with Crippen LogP contribution in [0.2, 0.25) is 5.02 Å². The van der Waals surface area contributed by atoms with Gasteiger partial charge in [0.2, 0.25) is 0 Å². The molecule has 4 rings (SSSR count). The van der Waals surface area contributed by atoms with Gasteiger partial charge in [-0.3, -0.25) is 19.3 Å². The van der Waals surface area contributed by atoms with Crippen molar-refractivity contribution in [2.24, 2.45) is 0 Å². The van der Waals surface area contributed by atoms with Crippen molar-refractivity contribution in [3.8, 4) is 11.5 Å². The van der Waals surface area contributed by atoms with Gasteiger partial charge in [-0.1, -0.05) is 48.0 Å². The molecule has 3 aromatic rings. The van der Waals surface area contributed by atoms with Gasteiger partial charge in [0.15, 0.2) is 6.61 Å². The van der Waals surface area contributed by atoms with Crippen LogP contribution in [0.5, 0.6) is 11.5 Å². The lowest BCUT2D eigenvalue weighted by atomic mass is 10.1. The lowest BCUT2D eigenvalue weighted by molar-refractivity contribution is -0.123. The van der Waals surface area contributed by atoms with E-state index < -0.39 is 0 Å². The van der Waals surface area contributed by atoms with E-state index in [-0.39, 0.29) is 36.8 Å². The lowest BCUT2D eigenvalue weighted by Crippen LogP contribution is -2.32. The molecule has 1 aliphatic heterocycles. The fraction of sp³-hybridized carbons (Fsp3) is 0.179. The maximum absolute atomic E-state index is 12.7. The molecule has 0 radical (unpaired) electrons. The number of carbonyl (C=O) groups excluding carboxylic acids is 3. The van der Waals surface area contributed by atoms with Gasteiger partial charge < -0.3 is 14.8 Å². The minimum Gasteiger partial charge on any atom is -0.490 e. The Morgan fingerprint density at radius 1 is 1.03 bits per heavy atom. The van der Waals surface area contributed by atoms with Crippen LogP contribution in [-0.4, -0.2) is 41.7 Å². The summed E-state index contributed by atoms with van der Waals surface area (Å²) in [5, 5.41) is 2.97. The van der Waals surface area contributed by atoms with Crippen molar-refractivity contribution >= 4 is 52.2 Å². The highest BCUT2D eigenvalue weighted by Gasteiger charge is 2.34. The summed E-state index contributed by atoms with van der Waals surface area (Å²) < 4.78 is 11.2. The first-order valence-electron chi connectivity index (χ1n) is 11.5. The average molecular weight is 537 g/mol. The number of nitrogens with zero attached hydrogens (tertiary/aromatic N) is 1. The van der Waals surface area contributed by atoms with Gasteiger partial charge in [0.05, 0.1) is 16.5 Å². The van der Waals surface area contributed by atoms with E-state index in [2.05, 4.69) is 5.32 Å². The number of anilines is 1. The zero-order chi connectivity index (χ0) is 26.4. The van der Waals surface area contributed by atoms with Gasteiger partial charge in [0, 0.05) is 5.69 Å². The number of hydrogen-bond acceptors (Lipinski definition) is 6. The number of imide groups is 1. The Hall–Kier alpha value is -3.75. The fourth-order valence-electron chi connectivity index (χ4n) is 3.52. The Kier molecular flexibility index (Phi) is 8.53. The standard InChI is InChI=1S/C28H25ClN2O5S/c1-18-7-8-19(2)23(15-18)30-26(32)17-36-21-11-9-20(10-12-21)16-25-27(33)31(28(34)37-25)13-14-35-24-6-4-3-5-22(24)29/h3-12,15-16H,13-14,17H2,1-2H3,(H,30,32)/b25-16-. The molecule has 1 aliphatic rings. The zero-order valence-corrected chi connectivity index (χ0v) is 21.9. The number of para-hydroxylation sites is 1. The molecular weight excluding hydrogens is 512 g/mol. The second-order valence-electron chi connectivity index (χ2n) is 8.34. The van der Waals surface area contributed by atoms with Gasteiger partial charge >= 0.3 is 0 Å². The summed E-state index contributed by atoms with van der Waals surface area (Å²) in [5.74, 6) is 0.376. The molecule has 0 saturated carbocycles. The van der Waals surface area contributed by atoms with Crippen molar-refractivity contribution in [1.82, 2.24) is 4.90 Å². The SMILES string of the molecule is Cc1ccc(C)c(NC(=O)COc2ccc(/C=C3\SC(=O)N(CCOc4ccccc4Cl)C3=O)cc2)c1. The highest BCUT2D eigenvalue weighted by Crippen LogP contribution is 2.32. The zero-order valence-electron chi connectivity index (χ0n) is 20.3. The smallest absolute Gasteiger partial charge is 0.293 e. The molecule has 1 N–H and O–H groups in total. The van der Waals surface area contributed by atoms with E-state index in [1.54, 1.807) is 54.6 Å². The van der Waals surface area contributed by atoms with E-state index in [0.29, 0.717) is 21.4 Å². The number of aryl methyl sites for hydroxylation is 2. The first-order chi connectivity index (χ1) is 17.8. The summed E-state index contributed by atoms with van der Waals surface area (Å²) in [7, 11) is 0. The molecule has 0 spiro atoms. The number of nitrogens with one attached hydrogen (secondary N) is 1. The lowest BCUT2D eigenvalue weighted by Gasteiger charge is -2.13. The molecule has 7 nitrogen and oxygen atoms in total. The largest absolute Gasteiger partial charge is 0.490 e. The van der Waals surface area contributed by atoms with Crippen molar-refractivity contribution in [3.05, 3.63) is 93.3 Å². The van der Waals surface area contributed by atoms with Crippen LogP contribution < -0.4 is 14.8 Å². The summed E-state index contributed by atoms with van der Waals surface area (Å²) in [6.07, 6.45) is 1.65. The van der Waals surface area contributed by atoms with Crippen LogP contribution in [0.25, 0.3) is 6.08 Å². The number of halogens is 1. The van der Waals surface area contributed by atoms with Gasteiger partial charge in [-0.25, -0.2) is 0 Å².